The molecule has 0 saturated heterocycles. The van der Waals surface area contributed by atoms with Crippen molar-refractivity contribution >= 4 is 0 Å². The molecule has 56 heavy (non-hydrogen) atoms. The Balaban J connectivity index is 1.01. The fraction of sp³-hybridized carbons (Fsp3) is 0.143. The number of benzene rings is 8. The van der Waals surface area contributed by atoms with Crippen LogP contribution in [0.25, 0.3) is 55.6 Å². The van der Waals surface area contributed by atoms with Crippen LogP contribution in [0.2, 0.25) is 0 Å². The van der Waals surface area contributed by atoms with E-state index in [1.54, 1.807) is 0 Å². The highest BCUT2D eigenvalue weighted by atomic mass is 14.5. The third-order valence-electron chi connectivity index (χ3n) is 13.3. The van der Waals surface area contributed by atoms with Gasteiger partial charge in [-0.2, -0.15) is 0 Å². The molecule has 1 fully saturated rings. The summed E-state index contributed by atoms with van der Waals surface area (Å²) in [6.45, 7) is 2.31. The first-order chi connectivity index (χ1) is 27.7. The van der Waals surface area contributed by atoms with Crippen molar-refractivity contribution in [3.63, 3.8) is 0 Å². The maximum absolute atomic E-state index is 2.53. The molecule has 0 nitrogen and oxygen atoms in total. The van der Waals surface area contributed by atoms with Gasteiger partial charge in [0.25, 0.3) is 0 Å². The molecule has 0 unspecified atom stereocenters. The highest BCUT2D eigenvalue weighted by Crippen LogP contribution is 2.63. The first-order valence-corrected chi connectivity index (χ1v) is 20.5. The lowest BCUT2D eigenvalue weighted by molar-refractivity contribution is 0.420. The highest BCUT2D eigenvalue weighted by Gasteiger charge is 2.51. The van der Waals surface area contributed by atoms with E-state index >= 15 is 0 Å². The number of hydrogen-bond donors (Lipinski definition) is 0. The van der Waals surface area contributed by atoms with Crippen LogP contribution in [0.1, 0.15) is 69.7 Å². The third kappa shape index (κ3) is 5.05. The third-order valence-corrected chi connectivity index (χ3v) is 13.3. The molecular weight excluding hydrogens is 673 g/mol. The molecule has 1 saturated carbocycles. The van der Waals surface area contributed by atoms with Gasteiger partial charge in [-0.05, 0) is 151 Å². The smallest absolute Gasteiger partial charge is 0.0622 e. The molecule has 0 amide bonds. The Bertz CT molecular complexity index is 2720. The molecule has 8 aromatic carbocycles. The summed E-state index contributed by atoms with van der Waals surface area (Å²) in [6, 6.07) is 68.9. The fourth-order valence-electron chi connectivity index (χ4n) is 10.3. The van der Waals surface area contributed by atoms with Gasteiger partial charge in [0.15, 0.2) is 0 Å². The maximum atomic E-state index is 2.53. The van der Waals surface area contributed by atoms with Crippen molar-refractivity contribution in [1.29, 1.82) is 0 Å². The van der Waals surface area contributed by atoms with Crippen LogP contribution in [-0.2, 0) is 18.3 Å². The van der Waals surface area contributed by atoms with Gasteiger partial charge < -0.3 is 0 Å². The topological polar surface area (TPSA) is 0 Å². The lowest BCUT2D eigenvalue weighted by atomic mass is 9.70. The largest absolute Gasteiger partial charge is 0.0725 e. The molecule has 0 aromatic heterocycles. The van der Waals surface area contributed by atoms with Gasteiger partial charge >= 0.3 is 0 Å². The minimum Gasteiger partial charge on any atom is -0.0622 e. The molecule has 3 aliphatic carbocycles. The summed E-state index contributed by atoms with van der Waals surface area (Å²) in [7, 11) is 0. The number of hydrogen-bond acceptors (Lipinski definition) is 0. The SMILES string of the molecule is Cc1ccc(-c2ccc3c(c2)C2(c4ccccc4-c4ccccc42)c2ccccc2-3)cc1-c1c(CCc2ccc(-c3ccccc3)cc2)cccc1C1CCC1. The molecule has 0 N–H and O–H groups in total. The second kappa shape index (κ2) is 13.2. The van der Waals surface area contributed by atoms with Crippen LogP contribution >= 0.6 is 0 Å². The van der Waals surface area contributed by atoms with E-state index in [4.69, 9.17) is 0 Å². The van der Waals surface area contributed by atoms with Gasteiger partial charge in [-0.3, -0.25) is 0 Å². The normalized spacial score (nSPS) is 14.5. The summed E-state index contributed by atoms with van der Waals surface area (Å²) in [5, 5.41) is 0. The molecule has 0 aliphatic heterocycles. The minimum absolute atomic E-state index is 0.341. The van der Waals surface area contributed by atoms with Crippen molar-refractivity contribution in [3.05, 3.63) is 226 Å². The van der Waals surface area contributed by atoms with Crippen LogP contribution in [0.5, 0.6) is 0 Å². The van der Waals surface area contributed by atoms with E-state index in [1.807, 2.05) is 0 Å². The first kappa shape index (κ1) is 33.1. The van der Waals surface area contributed by atoms with Gasteiger partial charge in [-0.25, -0.2) is 0 Å². The van der Waals surface area contributed by atoms with E-state index in [9.17, 15) is 0 Å². The molecule has 268 valence electrons. The zero-order valence-corrected chi connectivity index (χ0v) is 31.9. The monoisotopic (exact) mass is 716 g/mol. The van der Waals surface area contributed by atoms with Crippen molar-refractivity contribution in [3.8, 4) is 55.6 Å². The Hall–Kier alpha value is -6.24. The molecular formula is C56H44. The summed E-state index contributed by atoms with van der Waals surface area (Å²) < 4.78 is 0. The fourth-order valence-corrected chi connectivity index (χ4v) is 10.3. The van der Waals surface area contributed by atoms with E-state index in [2.05, 4.69) is 189 Å². The first-order valence-electron chi connectivity index (χ1n) is 20.5. The summed E-state index contributed by atoms with van der Waals surface area (Å²) in [5.74, 6) is 0.638. The van der Waals surface area contributed by atoms with Gasteiger partial charge in [0.05, 0.1) is 5.41 Å². The van der Waals surface area contributed by atoms with Crippen LogP contribution in [0.4, 0.5) is 0 Å². The van der Waals surface area contributed by atoms with Crippen molar-refractivity contribution in [1.82, 2.24) is 0 Å². The Kier molecular flexibility index (Phi) is 7.81. The number of fused-ring (bicyclic) bond motifs is 10. The Labute approximate surface area is 331 Å². The van der Waals surface area contributed by atoms with Crippen molar-refractivity contribution in [2.75, 3.05) is 0 Å². The second-order valence-corrected chi connectivity index (χ2v) is 16.2. The van der Waals surface area contributed by atoms with Gasteiger partial charge in [0.1, 0.15) is 0 Å². The Morgan fingerprint density at radius 2 is 0.982 bits per heavy atom. The van der Waals surface area contributed by atoms with Crippen molar-refractivity contribution in [2.24, 2.45) is 0 Å². The maximum Gasteiger partial charge on any atom is 0.0725 e. The van der Waals surface area contributed by atoms with Crippen LogP contribution in [0.15, 0.2) is 182 Å². The van der Waals surface area contributed by atoms with Crippen molar-refractivity contribution in [2.45, 2.75) is 50.4 Å². The van der Waals surface area contributed by atoms with Crippen molar-refractivity contribution < 1.29 is 0 Å². The van der Waals surface area contributed by atoms with Gasteiger partial charge in [-0.1, -0.05) is 176 Å². The average Bonchev–Trinajstić information content (AvgIpc) is 3.70. The van der Waals surface area contributed by atoms with E-state index < -0.39 is 0 Å². The molecule has 0 bridgehead atoms. The quantitative estimate of drug-likeness (QED) is 0.154. The lowest BCUT2D eigenvalue weighted by Crippen LogP contribution is -2.25. The molecule has 0 radical (unpaired) electrons. The minimum atomic E-state index is -0.341. The molecule has 8 aromatic rings. The molecule has 3 aliphatic rings. The Morgan fingerprint density at radius 3 is 1.62 bits per heavy atom. The van der Waals surface area contributed by atoms with E-state index in [-0.39, 0.29) is 5.41 Å². The molecule has 0 heterocycles. The summed E-state index contributed by atoms with van der Waals surface area (Å²) in [4.78, 5) is 0. The Morgan fingerprint density at radius 1 is 0.429 bits per heavy atom. The molecule has 0 heteroatoms. The van der Waals surface area contributed by atoms with Crippen LogP contribution in [-0.4, -0.2) is 0 Å². The average molecular weight is 717 g/mol. The zero-order valence-electron chi connectivity index (χ0n) is 31.9. The van der Waals surface area contributed by atoms with Crippen LogP contribution < -0.4 is 0 Å². The lowest BCUT2D eigenvalue weighted by Gasteiger charge is -2.31. The molecule has 1 spiro atoms. The molecule has 0 atom stereocenters. The highest BCUT2D eigenvalue weighted by molar-refractivity contribution is 5.96. The molecule has 11 rings (SSSR count). The van der Waals surface area contributed by atoms with E-state index in [1.165, 1.54) is 119 Å². The summed E-state index contributed by atoms with van der Waals surface area (Å²) in [6.07, 6.45) is 5.93. The predicted octanol–water partition coefficient (Wildman–Crippen LogP) is 14.4. The number of rotatable bonds is 7. The number of aryl methyl sites for hydroxylation is 3. The van der Waals surface area contributed by atoms with Gasteiger partial charge in [-0.15, -0.1) is 0 Å². The van der Waals surface area contributed by atoms with Crippen LogP contribution in [0.3, 0.4) is 0 Å². The zero-order chi connectivity index (χ0) is 37.2. The summed E-state index contributed by atoms with van der Waals surface area (Å²) in [5.41, 5.74) is 24.3. The van der Waals surface area contributed by atoms with Gasteiger partial charge in [0.2, 0.25) is 0 Å². The van der Waals surface area contributed by atoms with Crippen LogP contribution in [0, 0.1) is 6.92 Å². The second-order valence-electron chi connectivity index (χ2n) is 16.2. The standard InChI is InChI=1S/C56H44/c1-37-25-29-43(35-50(37)55-42(17-12-21-45(55)41-15-11-16-41)32-28-38-26-30-40(31-27-38)39-13-3-2-4-14-39)44-33-34-49-48-20-7-10-24-53(48)56(54(49)36-44)51-22-8-5-18-46(51)47-19-6-9-23-52(47)56/h2-10,12-14,17-27,29-31,33-36,41H,11,15-16,28,32H2,1H3. The van der Waals surface area contributed by atoms with Gasteiger partial charge in [0, 0.05) is 0 Å². The predicted molar refractivity (Wildman–Crippen MR) is 234 cm³/mol. The van der Waals surface area contributed by atoms with E-state index in [0.717, 1.165) is 12.8 Å². The van der Waals surface area contributed by atoms with E-state index in [0.29, 0.717) is 5.92 Å². The summed E-state index contributed by atoms with van der Waals surface area (Å²) >= 11 is 0.